The molecule has 0 aliphatic carbocycles. The van der Waals surface area contributed by atoms with Crippen molar-refractivity contribution in [1.82, 2.24) is 10.6 Å². The Hall–Kier alpha value is -2.28. The van der Waals surface area contributed by atoms with Gasteiger partial charge in [0.25, 0.3) is 0 Å². The zero-order valence-electron chi connectivity index (χ0n) is 14.6. The highest BCUT2D eigenvalue weighted by Gasteiger charge is 2.12. The summed E-state index contributed by atoms with van der Waals surface area (Å²) in [4.78, 5) is 0. The highest BCUT2D eigenvalue weighted by molar-refractivity contribution is 5.66. The second kappa shape index (κ2) is 9.68. The van der Waals surface area contributed by atoms with Gasteiger partial charge < -0.3 is 10.6 Å². The van der Waals surface area contributed by atoms with Crippen molar-refractivity contribution >= 4 is 5.57 Å². The van der Waals surface area contributed by atoms with E-state index in [9.17, 15) is 0 Å². The molecule has 0 saturated heterocycles. The number of nitrogens with one attached hydrogen (secondary N) is 2. The Bertz CT molecular complexity index is 631. The van der Waals surface area contributed by atoms with Crippen LogP contribution in [0.15, 0.2) is 73.3 Å². The largest absolute Gasteiger partial charge is 0.353 e. The molecule has 0 saturated carbocycles. The lowest BCUT2D eigenvalue weighted by atomic mass is 10.0. The van der Waals surface area contributed by atoms with Gasteiger partial charge in [0, 0.05) is 18.2 Å². The zero-order chi connectivity index (χ0) is 17.2. The lowest BCUT2D eigenvalue weighted by molar-refractivity contribution is 0.552. The van der Waals surface area contributed by atoms with Crippen LogP contribution in [0.5, 0.6) is 0 Å². The maximum absolute atomic E-state index is 4.11. The number of hydrogen-bond acceptors (Lipinski definition) is 2. The third kappa shape index (κ3) is 6.15. The molecule has 1 aromatic rings. The summed E-state index contributed by atoms with van der Waals surface area (Å²) < 4.78 is 0. The highest BCUT2D eigenvalue weighted by atomic mass is 14.9. The SMILES string of the molecule is C=C=C(NC(=C)/C=C(\C)c1cccc(C)c1)C(CC=C)CNC. The highest BCUT2D eigenvalue weighted by Crippen LogP contribution is 2.18. The minimum atomic E-state index is 0.263. The van der Waals surface area contributed by atoms with Crippen molar-refractivity contribution in [2.45, 2.75) is 20.3 Å². The molecule has 0 aromatic heterocycles. The predicted molar refractivity (Wildman–Crippen MR) is 102 cm³/mol. The smallest absolute Gasteiger partial charge is 0.0623 e. The van der Waals surface area contributed by atoms with E-state index in [1.54, 1.807) is 0 Å². The first kappa shape index (κ1) is 18.8. The van der Waals surface area contributed by atoms with Crippen LogP contribution in [0.25, 0.3) is 5.57 Å². The topological polar surface area (TPSA) is 24.1 Å². The molecule has 2 nitrogen and oxygen atoms in total. The molecular weight excluding hydrogens is 280 g/mol. The lowest BCUT2D eigenvalue weighted by Gasteiger charge is -2.19. The van der Waals surface area contributed by atoms with Gasteiger partial charge in [0.2, 0.25) is 0 Å². The zero-order valence-corrected chi connectivity index (χ0v) is 14.6. The van der Waals surface area contributed by atoms with Crippen LogP contribution in [0.2, 0.25) is 0 Å². The molecule has 0 spiro atoms. The fraction of sp³-hybridized carbons (Fsp3) is 0.286. The van der Waals surface area contributed by atoms with Crippen LogP contribution in [0.1, 0.15) is 24.5 Å². The molecule has 122 valence electrons. The van der Waals surface area contributed by atoms with Gasteiger partial charge in [-0.15, -0.1) is 12.3 Å². The van der Waals surface area contributed by atoms with E-state index in [-0.39, 0.29) is 5.92 Å². The summed E-state index contributed by atoms with van der Waals surface area (Å²) in [7, 11) is 1.94. The first-order valence-corrected chi connectivity index (χ1v) is 7.88. The van der Waals surface area contributed by atoms with E-state index < -0.39 is 0 Å². The van der Waals surface area contributed by atoms with E-state index in [1.165, 1.54) is 16.7 Å². The first-order chi connectivity index (χ1) is 11.0. The van der Waals surface area contributed by atoms with Gasteiger partial charge >= 0.3 is 0 Å². The number of rotatable bonds is 9. The van der Waals surface area contributed by atoms with Gasteiger partial charge in [-0.3, -0.25) is 0 Å². The Labute approximate surface area is 141 Å². The average Bonchev–Trinajstić information content (AvgIpc) is 2.52. The van der Waals surface area contributed by atoms with Gasteiger partial charge in [0.05, 0.1) is 5.70 Å². The van der Waals surface area contributed by atoms with Crippen LogP contribution < -0.4 is 10.6 Å². The van der Waals surface area contributed by atoms with Crippen molar-refractivity contribution in [3.8, 4) is 0 Å². The Morgan fingerprint density at radius 1 is 1.39 bits per heavy atom. The molecule has 0 aliphatic heterocycles. The summed E-state index contributed by atoms with van der Waals surface area (Å²) in [5.41, 5.74) is 8.40. The van der Waals surface area contributed by atoms with Crippen LogP contribution in [0.3, 0.4) is 0 Å². The van der Waals surface area contributed by atoms with Crippen molar-refractivity contribution in [2.75, 3.05) is 13.6 Å². The van der Waals surface area contributed by atoms with Crippen molar-refractivity contribution in [1.29, 1.82) is 0 Å². The van der Waals surface area contributed by atoms with Gasteiger partial charge in [-0.1, -0.05) is 49.1 Å². The molecule has 23 heavy (non-hydrogen) atoms. The van der Waals surface area contributed by atoms with Crippen LogP contribution in [-0.4, -0.2) is 13.6 Å². The second-order valence-corrected chi connectivity index (χ2v) is 5.72. The van der Waals surface area contributed by atoms with Crippen LogP contribution in [0.4, 0.5) is 0 Å². The van der Waals surface area contributed by atoms with Gasteiger partial charge in [-0.25, -0.2) is 0 Å². The van der Waals surface area contributed by atoms with Crippen molar-refractivity contribution in [2.24, 2.45) is 5.92 Å². The van der Waals surface area contributed by atoms with E-state index in [0.29, 0.717) is 0 Å². The Morgan fingerprint density at radius 3 is 2.70 bits per heavy atom. The number of aryl methyl sites for hydroxylation is 1. The number of hydrogen-bond donors (Lipinski definition) is 2. The summed E-state index contributed by atoms with van der Waals surface area (Å²) in [5, 5.41) is 6.53. The molecule has 0 amide bonds. The lowest BCUT2D eigenvalue weighted by Crippen LogP contribution is -2.26. The fourth-order valence-electron chi connectivity index (χ4n) is 2.49. The van der Waals surface area contributed by atoms with Crippen molar-refractivity contribution < 1.29 is 0 Å². The predicted octanol–water partition coefficient (Wildman–Crippen LogP) is 4.58. The summed E-state index contributed by atoms with van der Waals surface area (Å²) in [5.74, 6) is 0.263. The number of benzene rings is 1. The van der Waals surface area contributed by atoms with Crippen LogP contribution in [0, 0.1) is 12.8 Å². The molecule has 0 heterocycles. The summed E-state index contributed by atoms with van der Waals surface area (Å²) in [6.45, 7) is 16.8. The third-order valence-electron chi connectivity index (χ3n) is 3.66. The standard InChI is InChI=1S/C21H28N2/c1-7-10-20(15-22-6)21(8-2)23-18(5)14-17(4)19-12-9-11-16(3)13-19/h7,9,11-14,20,22-23H,1-2,5,10,15H2,3-4,6H3/b17-14+. The van der Waals surface area contributed by atoms with Gasteiger partial charge in [-0.2, -0.15) is 0 Å². The average molecular weight is 308 g/mol. The molecule has 0 bridgehead atoms. The third-order valence-corrected chi connectivity index (χ3v) is 3.66. The number of allylic oxidation sites excluding steroid dienone is 3. The maximum Gasteiger partial charge on any atom is 0.0623 e. The Balaban J connectivity index is 2.86. The maximum atomic E-state index is 4.11. The van der Waals surface area contributed by atoms with Gasteiger partial charge in [-0.05, 0) is 44.5 Å². The molecule has 1 aromatic carbocycles. The van der Waals surface area contributed by atoms with Crippen molar-refractivity contribution in [3.05, 3.63) is 84.4 Å². The summed E-state index contributed by atoms with van der Waals surface area (Å²) in [6.07, 6.45) is 4.83. The van der Waals surface area contributed by atoms with Gasteiger partial charge in [0.15, 0.2) is 0 Å². The molecule has 1 unspecified atom stereocenters. The van der Waals surface area contributed by atoms with Gasteiger partial charge in [0.1, 0.15) is 0 Å². The summed E-state index contributed by atoms with van der Waals surface area (Å²) >= 11 is 0. The van der Waals surface area contributed by atoms with Crippen LogP contribution >= 0.6 is 0 Å². The fourth-order valence-corrected chi connectivity index (χ4v) is 2.49. The molecule has 2 N–H and O–H groups in total. The quantitative estimate of drug-likeness (QED) is 0.396. The van der Waals surface area contributed by atoms with E-state index in [2.05, 4.69) is 80.3 Å². The van der Waals surface area contributed by atoms with E-state index in [4.69, 9.17) is 0 Å². The van der Waals surface area contributed by atoms with E-state index in [1.807, 2.05) is 13.1 Å². The molecule has 0 radical (unpaired) electrons. The normalized spacial score (nSPS) is 12.2. The minimum Gasteiger partial charge on any atom is -0.353 e. The second-order valence-electron chi connectivity index (χ2n) is 5.72. The van der Waals surface area contributed by atoms with Crippen molar-refractivity contribution in [3.63, 3.8) is 0 Å². The molecule has 0 fully saturated rings. The molecule has 0 aliphatic rings. The van der Waals surface area contributed by atoms with E-state index >= 15 is 0 Å². The Kier molecular flexibility index (Phi) is 7.90. The minimum absolute atomic E-state index is 0.263. The molecular formula is C21H28N2. The van der Waals surface area contributed by atoms with Crippen LogP contribution in [-0.2, 0) is 0 Å². The molecule has 1 atom stereocenters. The molecule has 1 rings (SSSR count). The monoisotopic (exact) mass is 308 g/mol. The van der Waals surface area contributed by atoms with E-state index in [0.717, 1.165) is 24.4 Å². The first-order valence-electron chi connectivity index (χ1n) is 7.88. The summed E-state index contributed by atoms with van der Waals surface area (Å²) in [6, 6.07) is 8.45. The Morgan fingerprint density at radius 2 is 2.13 bits per heavy atom. The molecule has 2 heteroatoms.